The molecule has 3 aromatic rings. The Morgan fingerprint density at radius 3 is 2.21 bits per heavy atom. The van der Waals surface area contributed by atoms with Crippen LogP contribution >= 0.6 is 0 Å². The number of carbonyl (C=O) groups excluding carboxylic acids is 2. The van der Waals surface area contributed by atoms with E-state index in [1.54, 1.807) is 32.4 Å². The molecule has 0 radical (unpaired) electrons. The summed E-state index contributed by atoms with van der Waals surface area (Å²) in [6.45, 7) is 3.20. The van der Waals surface area contributed by atoms with Crippen LogP contribution in [0.5, 0.6) is 11.5 Å². The Labute approximate surface area is 199 Å². The van der Waals surface area contributed by atoms with Gasteiger partial charge >= 0.3 is 0 Å². The first-order chi connectivity index (χ1) is 16.5. The quantitative estimate of drug-likeness (QED) is 0.537. The van der Waals surface area contributed by atoms with E-state index < -0.39 is 0 Å². The molecule has 0 bridgehead atoms. The molecule has 0 saturated carbocycles. The third kappa shape index (κ3) is 3.61. The van der Waals surface area contributed by atoms with Crippen LogP contribution in [0, 0.1) is 6.92 Å². The zero-order chi connectivity index (χ0) is 23.8. The minimum Gasteiger partial charge on any atom is -0.493 e. The fourth-order valence-electron chi connectivity index (χ4n) is 4.68. The van der Waals surface area contributed by atoms with Gasteiger partial charge < -0.3 is 14.4 Å². The summed E-state index contributed by atoms with van der Waals surface area (Å²) in [7, 11) is 3.12. The van der Waals surface area contributed by atoms with E-state index in [1.807, 2.05) is 48.2 Å². The topological polar surface area (TPSA) is 59.1 Å². The second kappa shape index (κ2) is 8.71. The normalized spacial score (nSPS) is 15.6. The number of amides is 2. The predicted molar refractivity (Wildman–Crippen MR) is 131 cm³/mol. The molecule has 172 valence electrons. The lowest BCUT2D eigenvalue weighted by Crippen LogP contribution is -2.37. The van der Waals surface area contributed by atoms with Crippen LogP contribution in [0.1, 0.15) is 22.3 Å². The number of hydrogen-bond acceptors (Lipinski definition) is 5. The Morgan fingerprint density at radius 2 is 1.50 bits per heavy atom. The van der Waals surface area contributed by atoms with Crippen LogP contribution in [0.4, 0.5) is 5.69 Å². The molecule has 2 aliphatic heterocycles. The Morgan fingerprint density at radius 1 is 0.794 bits per heavy atom. The van der Waals surface area contributed by atoms with Crippen LogP contribution in [-0.2, 0) is 22.6 Å². The summed E-state index contributed by atoms with van der Waals surface area (Å²) in [5, 5.41) is 0. The lowest BCUT2D eigenvalue weighted by atomic mass is 9.97. The Kier molecular flexibility index (Phi) is 5.57. The minimum absolute atomic E-state index is 0.307. The zero-order valence-electron chi connectivity index (χ0n) is 19.5. The van der Waals surface area contributed by atoms with Crippen LogP contribution in [0.3, 0.4) is 0 Å². The number of benzene rings is 3. The van der Waals surface area contributed by atoms with Crippen molar-refractivity contribution >= 4 is 23.1 Å². The molecule has 2 heterocycles. The van der Waals surface area contributed by atoms with Crippen LogP contribution < -0.4 is 14.4 Å². The summed E-state index contributed by atoms with van der Waals surface area (Å²) in [5.74, 6) is 0.422. The molecule has 5 rings (SSSR count). The van der Waals surface area contributed by atoms with Crippen molar-refractivity contribution in [2.45, 2.75) is 19.9 Å². The monoisotopic (exact) mass is 454 g/mol. The van der Waals surface area contributed by atoms with Gasteiger partial charge in [-0.15, -0.1) is 0 Å². The lowest BCUT2D eigenvalue weighted by Gasteiger charge is -2.31. The first-order valence-corrected chi connectivity index (χ1v) is 11.3. The molecule has 0 unspecified atom stereocenters. The number of imide groups is 1. The second-order valence-electron chi connectivity index (χ2n) is 8.51. The van der Waals surface area contributed by atoms with Gasteiger partial charge in [0.25, 0.3) is 11.8 Å². The van der Waals surface area contributed by atoms with E-state index in [0.717, 1.165) is 12.0 Å². The fourth-order valence-corrected chi connectivity index (χ4v) is 4.68. The molecule has 0 spiro atoms. The Bertz CT molecular complexity index is 1310. The van der Waals surface area contributed by atoms with Gasteiger partial charge in [0, 0.05) is 13.1 Å². The molecule has 3 aromatic carbocycles. The lowest BCUT2D eigenvalue weighted by molar-refractivity contribution is -0.120. The van der Waals surface area contributed by atoms with Gasteiger partial charge in [-0.25, -0.2) is 4.90 Å². The van der Waals surface area contributed by atoms with Crippen LogP contribution in [0.15, 0.2) is 72.4 Å². The molecule has 2 aliphatic rings. The van der Waals surface area contributed by atoms with Crippen molar-refractivity contribution in [3.63, 3.8) is 0 Å². The van der Waals surface area contributed by atoms with Gasteiger partial charge in [-0.3, -0.25) is 9.59 Å². The number of aryl methyl sites for hydroxylation is 1. The molecular formula is C28H26N2O4. The van der Waals surface area contributed by atoms with Crippen molar-refractivity contribution < 1.29 is 19.1 Å². The molecule has 6 heteroatoms. The summed E-state index contributed by atoms with van der Waals surface area (Å²) in [6, 6.07) is 21.0. The summed E-state index contributed by atoms with van der Waals surface area (Å²) in [5.41, 5.74) is 5.49. The van der Waals surface area contributed by atoms with Crippen molar-refractivity contribution in [2.24, 2.45) is 0 Å². The van der Waals surface area contributed by atoms with Crippen molar-refractivity contribution in [2.75, 3.05) is 25.7 Å². The van der Waals surface area contributed by atoms with E-state index in [0.29, 0.717) is 47.1 Å². The first kappa shape index (κ1) is 21.8. The van der Waals surface area contributed by atoms with E-state index in [2.05, 4.69) is 12.1 Å². The summed E-state index contributed by atoms with van der Waals surface area (Å²) < 4.78 is 10.9. The van der Waals surface area contributed by atoms with Crippen LogP contribution in [0.2, 0.25) is 0 Å². The number of ether oxygens (including phenoxy) is 2. The largest absolute Gasteiger partial charge is 0.493 e. The molecule has 0 N–H and O–H groups in total. The zero-order valence-corrected chi connectivity index (χ0v) is 19.5. The Balaban J connectivity index is 1.64. The van der Waals surface area contributed by atoms with Crippen molar-refractivity contribution in [3.05, 3.63) is 94.7 Å². The SMILES string of the molecule is COc1ccc(C2=C(N3CCc4ccccc4C3)C(=O)N(c3ccc(C)cc3)C2=O)cc1OC. The van der Waals surface area contributed by atoms with Gasteiger partial charge in [-0.05, 0) is 54.3 Å². The Hall–Kier alpha value is -4.06. The van der Waals surface area contributed by atoms with Crippen LogP contribution in [-0.4, -0.2) is 37.5 Å². The van der Waals surface area contributed by atoms with E-state index in [4.69, 9.17) is 9.47 Å². The average molecular weight is 455 g/mol. The number of nitrogens with zero attached hydrogens (tertiary/aromatic N) is 2. The van der Waals surface area contributed by atoms with Gasteiger partial charge in [0.05, 0.1) is 25.5 Å². The fraction of sp³-hybridized carbons (Fsp3) is 0.214. The maximum absolute atomic E-state index is 13.8. The number of fused-ring (bicyclic) bond motifs is 1. The predicted octanol–water partition coefficient (Wildman–Crippen LogP) is 4.36. The number of hydrogen-bond donors (Lipinski definition) is 0. The molecule has 6 nitrogen and oxygen atoms in total. The average Bonchev–Trinajstić information content (AvgIpc) is 3.13. The van der Waals surface area contributed by atoms with Crippen molar-refractivity contribution in [3.8, 4) is 11.5 Å². The number of anilines is 1. The maximum atomic E-state index is 13.8. The third-order valence-corrected chi connectivity index (χ3v) is 6.47. The summed E-state index contributed by atoms with van der Waals surface area (Å²) in [6.07, 6.45) is 0.810. The molecular weight excluding hydrogens is 428 g/mol. The number of carbonyl (C=O) groups is 2. The molecule has 34 heavy (non-hydrogen) atoms. The number of rotatable bonds is 5. The van der Waals surface area contributed by atoms with E-state index >= 15 is 0 Å². The summed E-state index contributed by atoms with van der Waals surface area (Å²) >= 11 is 0. The minimum atomic E-state index is -0.338. The molecule has 0 aromatic heterocycles. The van der Waals surface area contributed by atoms with Gasteiger partial charge in [0.15, 0.2) is 11.5 Å². The van der Waals surface area contributed by atoms with Crippen molar-refractivity contribution in [1.82, 2.24) is 4.90 Å². The van der Waals surface area contributed by atoms with Gasteiger partial charge in [0.1, 0.15) is 5.70 Å². The third-order valence-electron chi connectivity index (χ3n) is 6.47. The highest BCUT2D eigenvalue weighted by Crippen LogP contribution is 2.39. The molecule has 0 aliphatic carbocycles. The first-order valence-electron chi connectivity index (χ1n) is 11.3. The highest BCUT2D eigenvalue weighted by molar-refractivity contribution is 6.45. The number of methoxy groups -OCH3 is 2. The highest BCUT2D eigenvalue weighted by atomic mass is 16.5. The molecule has 2 amide bonds. The van der Waals surface area contributed by atoms with E-state index in [1.165, 1.54) is 16.0 Å². The van der Waals surface area contributed by atoms with Crippen molar-refractivity contribution in [1.29, 1.82) is 0 Å². The van der Waals surface area contributed by atoms with E-state index in [9.17, 15) is 9.59 Å². The molecule has 0 saturated heterocycles. The van der Waals surface area contributed by atoms with Gasteiger partial charge in [-0.1, -0.05) is 48.0 Å². The molecule has 0 fully saturated rings. The highest BCUT2D eigenvalue weighted by Gasteiger charge is 2.43. The standard InChI is InChI=1S/C28H26N2O4/c1-18-8-11-22(12-9-18)30-27(31)25(20-10-13-23(33-2)24(16-20)34-3)26(28(30)32)29-15-14-19-6-4-5-7-21(19)17-29/h4-13,16H,14-15,17H2,1-3H3. The van der Waals surface area contributed by atoms with Gasteiger partial charge in [0.2, 0.25) is 0 Å². The summed E-state index contributed by atoms with van der Waals surface area (Å²) in [4.78, 5) is 30.9. The second-order valence-corrected chi connectivity index (χ2v) is 8.51. The molecule has 0 atom stereocenters. The maximum Gasteiger partial charge on any atom is 0.282 e. The van der Waals surface area contributed by atoms with Gasteiger partial charge in [-0.2, -0.15) is 0 Å². The van der Waals surface area contributed by atoms with Crippen LogP contribution in [0.25, 0.3) is 5.57 Å². The smallest absolute Gasteiger partial charge is 0.282 e. The van der Waals surface area contributed by atoms with E-state index in [-0.39, 0.29) is 11.8 Å².